The number of hydrogen-bond acceptors (Lipinski definition) is 3. The Morgan fingerprint density at radius 3 is 2.82 bits per heavy atom. The molecule has 2 rings (SSSR count). The van der Waals surface area contributed by atoms with Crippen LogP contribution in [0.3, 0.4) is 0 Å². The van der Waals surface area contributed by atoms with Gasteiger partial charge in [0.25, 0.3) is 0 Å². The number of anilines is 1. The molecule has 1 aromatic heterocycles. The summed E-state index contributed by atoms with van der Waals surface area (Å²) in [5, 5.41) is 13.0. The van der Waals surface area contributed by atoms with Crippen molar-refractivity contribution in [2.45, 2.75) is 6.54 Å². The third kappa shape index (κ3) is 2.87. The molecule has 4 heteroatoms. The Balaban J connectivity index is 2.20. The molecule has 1 aromatic carbocycles. The van der Waals surface area contributed by atoms with E-state index in [9.17, 15) is 0 Å². The summed E-state index contributed by atoms with van der Waals surface area (Å²) in [4.78, 5) is 2.16. The summed E-state index contributed by atoms with van der Waals surface area (Å²) in [6.07, 6.45) is 0. The van der Waals surface area contributed by atoms with E-state index in [1.807, 2.05) is 25.2 Å². The highest BCUT2D eigenvalue weighted by Crippen LogP contribution is 2.27. The Morgan fingerprint density at radius 2 is 2.24 bits per heavy atom. The zero-order valence-corrected chi connectivity index (χ0v) is 11.8. The van der Waals surface area contributed by atoms with Gasteiger partial charge in [-0.2, -0.15) is 16.6 Å². The fraction of sp³-hybridized carbons (Fsp3) is 0.154. The van der Waals surface area contributed by atoms with Gasteiger partial charge >= 0.3 is 0 Å². The van der Waals surface area contributed by atoms with Gasteiger partial charge in [-0.25, -0.2) is 0 Å². The topological polar surface area (TPSA) is 27.0 Å². The Labute approximate surface area is 113 Å². The fourth-order valence-electron chi connectivity index (χ4n) is 1.63. The summed E-state index contributed by atoms with van der Waals surface area (Å²) in [5.41, 5.74) is 3.06. The van der Waals surface area contributed by atoms with Crippen LogP contribution in [-0.4, -0.2) is 7.05 Å². The lowest BCUT2D eigenvalue weighted by Crippen LogP contribution is -2.16. The van der Waals surface area contributed by atoms with Gasteiger partial charge in [-0.05, 0) is 56.5 Å². The highest BCUT2D eigenvalue weighted by atomic mass is 79.9. The van der Waals surface area contributed by atoms with E-state index in [0.29, 0.717) is 5.56 Å². The minimum atomic E-state index is 0.671. The molecule has 0 aliphatic carbocycles. The molecule has 0 atom stereocenters. The predicted octanol–water partition coefficient (Wildman–Crippen LogP) is 4.02. The number of benzene rings is 1. The highest BCUT2D eigenvalue weighted by Gasteiger charge is 2.07. The van der Waals surface area contributed by atoms with Crippen molar-refractivity contribution in [1.29, 1.82) is 5.26 Å². The average Bonchev–Trinajstić information content (AvgIpc) is 2.81. The summed E-state index contributed by atoms with van der Waals surface area (Å²) in [5.74, 6) is 0. The van der Waals surface area contributed by atoms with Crippen LogP contribution < -0.4 is 4.90 Å². The van der Waals surface area contributed by atoms with Crippen molar-refractivity contribution in [3.8, 4) is 6.07 Å². The quantitative estimate of drug-likeness (QED) is 0.856. The maximum absolute atomic E-state index is 8.82. The number of nitriles is 1. The van der Waals surface area contributed by atoms with Crippen molar-refractivity contribution in [1.82, 2.24) is 0 Å². The molecule has 0 spiro atoms. The van der Waals surface area contributed by atoms with Crippen LogP contribution in [0.5, 0.6) is 0 Å². The lowest BCUT2D eigenvalue weighted by molar-refractivity contribution is 0.924. The van der Waals surface area contributed by atoms with Crippen molar-refractivity contribution in [2.24, 2.45) is 0 Å². The molecule has 0 fully saturated rings. The zero-order valence-electron chi connectivity index (χ0n) is 9.35. The van der Waals surface area contributed by atoms with Crippen molar-refractivity contribution < 1.29 is 0 Å². The van der Waals surface area contributed by atoms with Gasteiger partial charge in [0.2, 0.25) is 0 Å². The Hall–Kier alpha value is -1.31. The van der Waals surface area contributed by atoms with Crippen molar-refractivity contribution in [3.63, 3.8) is 0 Å². The molecule has 0 aliphatic rings. The molecule has 86 valence electrons. The van der Waals surface area contributed by atoms with Crippen LogP contribution in [0.2, 0.25) is 0 Å². The lowest BCUT2D eigenvalue weighted by Gasteiger charge is -2.20. The molecule has 0 unspecified atom stereocenters. The first-order valence-corrected chi connectivity index (χ1v) is 6.86. The summed E-state index contributed by atoms with van der Waals surface area (Å²) in [6.45, 7) is 0.869. The maximum Gasteiger partial charge on any atom is 0.0992 e. The monoisotopic (exact) mass is 306 g/mol. The van der Waals surface area contributed by atoms with Crippen molar-refractivity contribution in [2.75, 3.05) is 11.9 Å². The van der Waals surface area contributed by atoms with Crippen LogP contribution in [0.15, 0.2) is 39.5 Å². The normalized spacial score (nSPS) is 9.94. The SMILES string of the molecule is CN(Cc1ccsc1)c1ccc(C#N)cc1Br. The number of halogens is 1. The summed E-state index contributed by atoms with van der Waals surface area (Å²) < 4.78 is 0.953. The molecule has 0 amide bonds. The van der Waals surface area contributed by atoms with E-state index >= 15 is 0 Å². The molecule has 2 aromatic rings. The van der Waals surface area contributed by atoms with Gasteiger partial charge in [0.05, 0.1) is 17.3 Å². The van der Waals surface area contributed by atoms with E-state index in [-0.39, 0.29) is 0 Å². The molecule has 2 nitrogen and oxygen atoms in total. The molecule has 0 bridgehead atoms. The van der Waals surface area contributed by atoms with E-state index in [1.54, 1.807) is 11.3 Å². The van der Waals surface area contributed by atoms with Crippen LogP contribution in [0.25, 0.3) is 0 Å². The Kier molecular flexibility index (Phi) is 3.82. The van der Waals surface area contributed by atoms with Gasteiger partial charge in [-0.15, -0.1) is 0 Å². The highest BCUT2D eigenvalue weighted by molar-refractivity contribution is 9.10. The molecule has 0 aliphatic heterocycles. The number of thiophene rings is 1. The van der Waals surface area contributed by atoms with Gasteiger partial charge in [0.15, 0.2) is 0 Å². The summed E-state index contributed by atoms with van der Waals surface area (Å²) in [6, 6.07) is 9.91. The van der Waals surface area contributed by atoms with E-state index in [0.717, 1.165) is 16.7 Å². The molecule has 0 saturated heterocycles. The molecular formula is C13H11BrN2S. The second-order valence-electron chi connectivity index (χ2n) is 3.77. The molecule has 17 heavy (non-hydrogen) atoms. The Morgan fingerprint density at radius 1 is 1.41 bits per heavy atom. The maximum atomic E-state index is 8.82. The molecule has 0 N–H and O–H groups in total. The van der Waals surface area contributed by atoms with E-state index < -0.39 is 0 Å². The second kappa shape index (κ2) is 5.35. The van der Waals surface area contributed by atoms with Gasteiger partial charge in [0.1, 0.15) is 0 Å². The van der Waals surface area contributed by atoms with Crippen molar-refractivity contribution in [3.05, 3.63) is 50.6 Å². The molecule has 1 heterocycles. The van der Waals surface area contributed by atoms with E-state index in [1.165, 1.54) is 5.56 Å². The minimum absolute atomic E-state index is 0.671. The number of rotatable bonds is 3. The summed E-state index contributed by atoms with van der Waals surface area (Å²) >= 11 is 5.21. The first kappa shape index (κ1) is 12.2. The van der Waals surface area contributed by atoms with Gasteiger partial charge in [0, 0.05) is 18.1 Å². The molecule has 0 saturated carbocycles. The predicted molar refractivity (Wildman–Crippen MR) is 75.3 cm³/mol. The standard InChI is InChI=1S/C13H11BrN2S/c1-16(8-11-4-5-17-9-11)13-3-2-10(7-15)6-12(13)14/h2-6,9H,8H2,1H3. The van der Waals surface area contributed by atoms with E-state index in [4.69, 9.17) is 5.26 Å². The van der Waals surface area contributed by atoms with Crippen LogP contribution in [-0.2, 0) is 6.54 Å². The molecule has 0 radical (unpaired) electrons. The number of hydrogen-bond donors (Lipinski definition) is 0. The van der Waals surface area contributed by atoms with Crippen LogP contribution in [0.1, 0.15) is 11.1 Å². The molecular weight excluding hydrogens is 296 g/mol. The zero-order chi connectivity index (χ0) is 12.3. The van der Waals surface area contributed by atoms with Crippen molar-refractivity contribution >= 4 is 33.0 Å². The lowest BCUT2D eigenvalue weighted by atomic mass is 10.2. The average molecular weight is 307 g/mol. The van der Waals surface area contributed by atoms with Crippen LogP contribution in [0, 0.1) is 11.3 Å². The Bertz CT molecular complexity index is 543. The van der Waals surface area contributed by atoms with E-state index in [2.05, 4.69) is 43.7 Å². The van der Waals surface area contributed by atoms with Crippen LogP contribution >= 0.6 is 27.3 Å². The first-order chi connectivity index (χ1) is 8.20. The number of nitrogens with zero attached hydrogens (tertiary/aromatic N) is 2. The second-order valence-corrected chi connectivity index (χ2v) is 5.40. The van der Waals surface area contributed by atoms with Crippen LogP contribution in [0.4, 0.5) is 5.69 Å². The minimum Gasteiger partial charge on any atom is -0.369 e. The smallest absolute Gasteiger partial charge is 0.0992 e. The third-order valence-corrected chi connectivity index (χ3v) is 3.86. The van der Waals surface area contributed by atoms with Gasteiger partial charge < -0.3 is 4.90 Å². The third-order valence-electron chi connectivity index (χ3n) is 2.49. The fourth-order valence-corrected chi connectivity index (χ4v) is 2.97. The summed E-state index contributed by atoms with van der Waals surface area (Å²) in [7, 11) is 2.05. The first-order valence-electron chi connectivity index (χ1n) is 5.12. The largest absolute Gasteiger partial charge is 0.369 e. The van der Waals surface area contributed by atoms with Gasteiger partial charge in [-0.3, -0.25) is 0 Å². The van der Waals surface area contributed by atoms with Gasteiger partial charge in [-0.1, -0.05) is 0 Å².